The number of rotatable bonds is 3. The molecule has 1 heterocycles. The van der Waals surface area contributed by atoms with E-state index in [1.165, 1.54) is 12.1 Å². The highest BCUT2D eigenvalue weighted by atomic mass is 79.9. The van der Waals surface area contributed by atoms with Gasteiger partial charge in [-0.05, 0) is 46.6 Å². The highest BCUT2D eigenvalue weighted by Gasteiger charge is 2.10. The van der Waals surface area contributed by atoms with Gasteiger partial charge in [0.05, 0.1) is 4.47 Å². The van der Waals surface area contributed by atoms with Gasteiger partial charge in [-0.1, -0.05) is 0 Å². The molecule has 0 fully saturated rings. The van der Waals surface area contributed by atoms with Crippen LogP contribution in [0.1, 0.15) is 11.1 Å². The number of hydrogen-bond donors (Lipinski definition) is 1. The van der Waals surface area contributed by atoms with Crippen LogP contribution in [0, 0.1) is 12.7 Å². The summed E-state index contributed by atoms with van der Waals surface area (Å²) in [6.45, 7) is 2.25. The quantitative estimate of drug-likeness (QED) is 0.943. The summed E-state index contributed by atoms with van der Waals surface area (Å²) < 4.78 is 19.4. The molecule has 0 bridgehead atoms. The van der Waals surface area contributed by atoms with Gasteiger partial charge in [0.25, 0.3) is 0 Å². The molecule has 3 nitrogen and oxygen atoms in total. The largest absolute Gasteiger partial charge is 0.437 e. The van der Waals surface area contributed by atoms with Gasteiger partial charge < -0.3 is 10.5 Å². The highest BCUT2D eigenvalue weighted by Crippen LogP contribution is 2.31. The van der Waals surface area contributed by atoms with E-state index < -0.39 is 0 Å². The number of hydrogen-bond acceptors (Lipinski definition) is 3. The van der Waals surface area contributed by atoms with Gasteiger partial charge in [-0.15, -0.1) is 0 Å². The van der Waals surface area contributed by atoms with Crippen molar-refractivity contribution >= 4 is 15.9 Å². The summed E-state index contributed by atoms with van der Waals surface area (Å²) >= 11 is 3.30. The van der Waals surface area contributed by atoms with Crippen molar-refractivity contribution in [3.8, 4) is 11.6 Å². The summed E-state index contributed by atoms with van der Waals surface area (Å²) in [7, 11) is 0. The standard InChI is InChI=1S/C13H12BrFN2O/c1-8-4-5-17-13(10(8)7-16)18-12-6-9(15)2-3-11(12)14/h2-6H,7,16H2,1H3. The Morgan fingerprint density at radius 2 is 2.17 bits per heavy atom. The Hall–Kier alpha value is -1.46. The Balaban J connectivity index is 2.40. The molecule has 0 unspecified atom stereocenters. The van der Waals surface area contributed by atoms with Crippen molar-refractivity contribution in [1.29, 1.82) is 0 Å². The first-order valence-electron chi connectivity index (χ1n) is 5.39. The summed E-state index contributed by atoms with van der Waals surface area (Å²) in [5.74, 6) is 0.418. The van der Waals surface area contributed by atoms with Gasteiger partial charge in [0.15, 0.2) is 0 Å². The zero-order valence-corrected chi connectivity index (χ0v) is 11.4. The third kappa shape index (κ3) is 2.68. The van der Waals surface area contributed by atoms with Crippen LogP contribution in [0.25, 0.3) is 0 Å². The predicted molar refractivity (Wildman–Crippen MR) is 71.0 cm³/mol. The minimum Gasteiger partial charge on any atom is -0.437 e. The maximum absolute atomic E-state index is 13.2. The lowest BCUT2D eigenvalue weighted by Crippen LogP contribution is -2.03. The van der Waals surface area contributed by atoms with Crippen LogP contribution < -0.4 is 10.5 Å². The molecule has 2 rings (SSSR count). The van der Waals surface area contributed by atoms with Crippen molar-refractivity contribution in [2.45, 2.75) is 13.5 Å². The molecule has 0 saturated heterocycles. The van der Waals surface area contributed by atoms with Crippen LogP contribution in [0.2, 0.25) is 0 Å². The van der Waals surface area contributed by atoms with Gasteiger partial charge in [-0.25, -0.2) is 9.37 Å². The summed E-state index contributed by atoms with van der Waals surface area (Å²) in [4.78, 5) is 4.13. The lowest BCUT2D eigenvalue weighted by Gasteiger charge is -2.11. The molecule has 0 amide bonds. The summed E-state index contributed by atoms with van der Waals surface area (Å²) in [6.07, 6.45) is 1.64. The molecule has 0 aliphatic carbocycles. The number of pyridine rings is 1. The molecule has 2 N–H and O–H groups in total. The number of benzene rings is 1. The third-order valence-electron chi connectivity index (χ3n) is 2.55. The number of ether oxygens (including phenoxy) is 1. The molecule has 5 heteroatoms. The van der Waals surface area contributed by atoms with Gasteiger partial charge in [-0.2, -0.15) is 0 Å². The molecule has 18 heavy (non-hydrogen) atoms. The normalized spacial score (nSPS) is 10.4. The summed E-state index contributed by atoms with van der Waals surface area (Å²) in [5, 5.41) is 0. The molecular formula is C13H12BrFN2O. The maximum Gasteiger partial charge on any atom is 0.224 e. The van der Waals surface area contributed by atoms with E-state index in [0.29, 0.717) is 22.6 Å². The predicted octanol–water partition coefficient (Wildman–Crippen LogP) is 3.54. The van der Waals surface area contributed by atoms with E-state index in [1.54, 1.807) is 12.3 Å². The number of nitrogens with two attached hydrogens (primary N) is 1. The molecule has 0 aliphatic rings. The fraction of sp³-hybridized carbons (Fsp3) is 0.154. The minimum atomic E-state index is -0.366. The monoisotopic (exact) mass is 310 g/mol. The number of aryl methyl sites for hydroxylation is 1. The lowest BCUT2D eigenvalue weighted by atomic mass is 10.1. The van der Waals surface area contributed by atoms with Crippen molar-refractivity contribution in [2.75, 3.05) is 0 Å². The van der Waals surface area contributed by atoms with Crippen LogP contribution in [0.4, 0.5) is 4.39 Å². The first-order valence-corrected chi connectivity index (χ1v) is 6.18. The summed E-state index contributed by atoms with van der Waals surface area (Å²) in [6, 6.07) is 6.09. The van der Waals surface area contributed by atoms with E-state index in [1.807, 2.05) is 13.0 Å². The van der Waals surface area contributed by atoms with Crippen LogP contribution in [-0.4, -0.2) is 4.98 Å². The molecule has 1 aromatic carbocycles. The smallest absolute Gasteiger partial charge is 0.224 e. The van der Waals surface area contributed by atoms with Gasteiger partial charge in [0.1, 0.15) is 11.6 Å². The zero-order chi connectivity index (χ0) is 13.1. The second-order valence-electron chi connectivity index (χ2n) is 3.79. The molecule has 94 valence electrons. The third-order valence-corrected chi connectivity index (χ3v) is 3.21. The summed E-state index contributed by atoms with van der Waals surface area (Å²) in [5.41, 5.74) is 7.48. The molecule has 2 aromatic rings. The van der Waals surface area contributed by atoms with Crippen LogP contribution in [0.15, 0.2) is 34.9 Å². The lowest BCUT2D eigenvalue weighted by molar-refractivity contribution is 0.448. The molecular weight excluding hydrogens is 299 g/mol. The van der Waals surface area contributed by atoms with E-state index in [0.717, 1.165) is 11.1 Å². The molecule has 0 aliphatic heterocycles. The first-order chi connectivity index (χ1) is 8.61. The first kappa shape index (κ1) is 13.0. The molecule has 0 radical (unpaired) electrons. The number of halogens is 2. The minimum absolute atomic E-state index is 0.321. The second-order valence-corrected chi connectivity index (χ2v) is 4.65. The average molecular weight is 311 g/mol. The highest BCUT2D eigenvalue weighted by molar-refractivity contribution is 9.10. The van der Waals surface area contributed by atoms with E-state index in [4.69, 9.17) is 10.5 Å². The van der Waals surface area contributed by atoms with E-state index >= 15 is 0 Å². The average Bonchev–Trinajstić information content (AvgIpc) is 2.34. The number of nitrogens with zero attached hydrogens (tertiary/aromatic N) is 1. The Morgan fingerprint density at radius 3 is 2.89 bits per heavy atom. The van der Waals surface area contributed by atoms with Crippen LogP contribution >= 0.6 is 15.9 Å². The zero-order valence-electron chi connectivity index (χ0n) is 9.78. The number of aromatic nitrogens is 1. The van der Waals surface area contributed by atoms with Gasteiger partial charge in [0.2, 0.25) is 5.88 Å². The van der Waals surface area contributed by atoms with E-state index in [9.17, 15) is 4.39 Å². The Labute approximate surface area is 113 Å². The van der Waals surface area contributed by atoms with Crippen molar-refractivity contribution in [3.05, 3.63) is 51.9 Å². The fourth-order valence-corrected chi connectivity index (χ4v) is 1.89. The van der Waals surface area contributed by atoms with Gasteiger partial charge in [-0.3, -0.25) is 0 Å². The second kappa shape index (κ2) is 5.46. The fourth-order valence-electron chi connectivity index (χ4n) is 1.56. The molecule has 1 aromatic heterocycles. The van der Waals surface area contributed by atoms with Crippen LogP contribution in [-0.2, 0) is 6.54 Å². The van der Waals surface area contributed by atoms with Gasteiger partial charge in [0, 0.05) is 24.4 Å². The molecule has 0 atom stereocenters. The Bertz CT molecular complexity index is 575. The maximum atomic E-state index is 13.2. The van der Waals surface area contributed by atoms with Crippen molar-refractivity contribution in [2.24, 2.45) is 5.73 Å². The Kier molecular flexibility index (Phi) is 3.93. The topological polar surface area (TPSA) is 48.1 Å². The van der Waals surface area contributed by atoms with E-state index in [2.05, 4.69) is 20.9 Å². The Morgan fingerprint density at radius 1 is 1.39 bits per heavy atom. The van der Waals surface area contributed by atoms with Gasteiger partial charge >= 0.3 is 0 Å². The van der Waals surface area contributed by atoms with Crippen LogP contribution in [0.3, 0.4) is 0 Å². The molecule has 0 spiro atoms. The SMILES string of the molecule is Cc1ccnc(Oc2cc(F)ccc2Br)c1CN. The van der Waals surface area contributed by atoms with Crippen LogP contribution in [0.5, 0.6) is 11.6 Å². The van der Waals surface area contributed by atoms with Crippen molar-refractivity contribution in [1.82, 2.24) is 4.98 Å². The van der Waals surface area contributed by atoms with Crippen molar-refractivity contribution < 1.29 is 9.13 Å². The van der Waals surface area contributed by atoms with E-state index in [-0.39, 0.29) is 5.82 Å². The van der Waals surface area contributed by atoms with Crippen molar-refractivity contribution in [3.63, 3.8) is 0 Å². The molecule has 0 saturated carbocycles.